The molecule has 0 spiro atoms. The number of aromatic amines is 2. The summed E-state index contributed by atoms with van der Waals surface area (Å²) in [5.74, 6) is 0. The molecule has 0 bridgehead atoms. The maximum atomic E-state index is 14.0. The second-order valence-corrected chi connectivity index (χ2v) is 22.6. The molecule has 0 radical (unpaired) electrons. The highest BCUT2D eigenvalue weighted by molar-refractivity contribution is 7.90. The van der Waals surface area contributed by atoms with Gasteiger partial charge < -0.3 is 19.8 Å². The Bertz CT molecular complexity index is 3840. The Labute approximate surface area is 439 Å². The van der Waals surface area contributed by atoms with E-state index in [1.165, 1.54) is 65.1 Å². The number of hydrogen-bond acceptors (Lipinski definition) is 8. The molecule has 75 heavy (non-hydrogen) atoms. The Morgan fingerprint density at radius 2 is 1.05 bits per heavy atom. The van der Waals surface area contributed by atoms with Crippen molar-refractivity contribution in [2.45, 2.75) is 38.3 Å². The van der Waals surface area contributed by atoms with E-state index in [4.69, 9.17) is 9.97 Å². The normalized spacial score (nSPS) is 16.0. The molecule has 2 N–H and O–H groups in total. The van der Waals surface area contributed by atoms with Crippen LogP contribution >= 0.6 is 0 Å². The Morgan fingerprint density at radius 1 is 0.533 bits per heavy atom. The van der Waals surface area contributed by atoms with E-state index >= 15 is 0 Å². The third-order valence-corrected chi connectivity index (χ3v) is 17.4. The summed E-state index contributed by atoms with van der Waals surface area (Å²) in [4.78, 5) is 26.3. The number of nitrogens with one attached hydrogen (secondary N) is 2. The van der Waals surface area contributed by atoms with Crippen molar-refractivity contribution in [2.75, 3.05) is 66.5 Å². The highest BCUT2D eigenvalue weighted by atomic mass is 32.2. The van der Waals surface area contributed by atoms with E-state index in [1.54, 1.807) is 30.5 Å². The standard InChI is InChI=1S/C34H33N5O2S.C29H30N4/c1-24-33(28-12-13-32-27(20-28)14-15-35-32)31-21-29(22-36-34(31)39(24)42(40,41)30-6-4-3-5-7-30)26-10-8-25(9-11-26)23-38-18-16-37(2)17-19-38;1-20-15-28-26(29(20)24-7-8-27-23(16-24)9-10-30-27)17-25(18-31-28)22-5-3-21(4-6-22)19-33-13-11-32(2)12-14-33/h3-15,20-22,35H,16-19,23H2,1-2H3;3-10,16-18,30H,11-15,19H2,1-2H3. The van der Waals surface area contributed by atoms with Crippen molar-refractivity contribution in [3.8, 4) is 33.4 Å². The fraction of sp³-hybridized carbons (Fsp3) is 0.238. The second-order valence-electron chi connectivity index (χ2n) is 20.8. The molecule has 2 fully saturated rings. The molecule has 5 aromatic carbocycles. The van der Waals surface area contributed by atoms with Crippen LogP contribution in [0.15, 0.2) is 175 Å². The summed E-state index contributed by atoms with van der Waals surface area (Å²) >= 11 is 0. The predicted molar refractivity (Wildman–Crippen MR) is 305 cm³/mol. The van der Waals surface area contributed by atoms with Gasteiger partial charge in [0.1, 0.15) is 0 Å². The molecule has 12 heteroatoms. The topological polar surface area (TPSA) is 109 Å². The number of pyridine rings is 2. The molecule has 10 aromatic rings. The lowest BCUT2D eigenvalue weighted by molar-refractivity contribution is 0.148. The summed E-state index contributed by atoms with van der Waals surface area (Å²) in [5.41, 5.74) is 18.7. The van der Waals surface area contributed by atoms with Gasteiger partial charge in [0.15, 0.2) is 5.65 Å². The summed E-state index contributed by atoms with van der Waals surface area (Å²) < 4.78 is 29.3. The molecule has 0 atom stereocenters. The van der Waals surface area contributed by atoms with Gasteiger partial charge in [0.25, 0.3) is 10.0 Å². The fourth-order valence-electron chi connectivity index (χ4n) is 11.3. The van der Waals surface area contributed by atoms with Crippen molar-refractivity contribution in [1.29, 1.82) is 0 Å². The molecule has 5 aromatic heterocycles. The minimum Gasteiger partial charge on any atom is -0.361 e. The van der Waals surface area contributed by atoms with E-state index in [0.717, 1.165) is 110 Å². The van der Waals surface area contributed by atoms with Crippen LogP contribution in [0.3, 0.4) is 0 Å². The molecule has 2 saturated heterocycles. The number of benzene rings is 5. The summed E-state index contributed by atoms with van der Waals surface area (Å²) in [7, 11) is 0.505. The van der Waals surface area contributed by atoms with Crippen LogP contribution in [-0.4, -0.2) is 118 Å². The first-order valence-electron chi connectivity index (χ1n) is 26.2. The average Bonchev–Trinajstić information content (AvgIpc) is 4.24. The Hall–Kier alpha value is -7.45. The van der Waals surface area contributed by atoms with Gasteiger partial charge in [-0.15, -0.1) is 0 Å². The van der Waals surface area contributed by atoms with Gasteiger partial charge in [0.2, 0.25) is 0 Å². The van der Waals surface area contributed by atoms with Gasteiger partial charge in [0, 0.05) is 141 Å². The first-order valence-corrected chi connectivity index (χ1v) is 27.6. The lowest BCUT2D eigenvalue weighted by Crippen LogP contribution is -2.43. The summed E-state index contributed by atoms with van der Waals surface area (Å²) in [6.07, 6.45) is 8.68. The largest absolute Gasteiger partial charge is 0.361 e. The van der Waals surface area contributed by atoms with Crippen LogP contribution in [0.2, 0.25) is 0 Å². The van der Waals surface area contributed by atoms with Crippen LogP contribution in [0.4, 0.5) is 0 Å². The Morgan fingerprint density at radius 3 is 1.64 bits per heavy atom. The van der Waals surface area contributed by atoms with Crippen molar-refractivity contribution in [3.63, 3.8) is 0 Å². The van der Waals surface area contributed by atoms with Crippen molar-refractivity contribution in [1.82, 2.24) is 43.5 Å². The molecule has 0 saturated carbocycles. The number of likely N-dealkylation sites (N-methyl/N-ethyl adjacent to an activating group) is 2. The molecule has 2 aliphatic heterocycles. The van der Waals surface area contributed by atoms with Gasteiger partial charge in [-0.1, -0.05) is 84.4 Å². The van der Waals surface area contributed by atoms with Gasteiger partial charge >= 0.3 is 0 Å². The fourth-order valence-corrected chi connectivity index (χ4v) is 12.8. The number of fused-ring (bicyclic) bond motifs is 4. The number of piperazine rings is 2. The van der Waals surface area contributed by atoms with E-state index in [0.29, 0.717) is 11.3 Å². The van der Waals surface area contributed by atoms with E-state index in [2.05, 4.69) is 142 Å². The Balaban J connectivity index is 0.000000156. The van der Waals surface area contributed by atoms with E-state index < -0.39 is 10.0 Å². The molecule has 1 aliphatic carbocycles. The molecule has 3 aliphatic rings. The van der Waals surface area contributed by atoms with E-state index in [9.17, 15) is 8.42 Å². The molecule has 0 amide bonds. The minimum atomic E-state index is -3.88. The number of rotatable bonds is 10. The minimum absolute atomic E-state index is 0.236. The molecule has 11 nitrogen and oxygen atoms in total. The van der Waals surface area contributed by atoms with Crippen LogP contribution < -0.4 is 0 Å². The SMILES string of the molecule is CC1=C(c2ccc3[nH]ccc3c2)c2cc(-c3ccc(CN4CCN(C)CC4)cc3)cnc2C1.Cc1c(-c2ccc3[nH]ccc3c2)c2cc(-c3ccc(CN4CCN(C)CC4)cc3)cnc2n1S(=O)(=O)c1ccccc1. The molecular weight excluding hydrogens is 947 g/mol. The van der Waals surface area contributed by atoms with Crippen LogP contribution in [0.25, 0.3) is 71.8 Å². The zero-order valence-electron chi connectivity index (χ0n) is 43.2. The van der Waals surface area contributed by atoms with Crippen LogP contribution in [0, 0.1) is 6.92 Å². The van der Waals surface area contributed by atoms with Crippen molar-refractivity contribution >= 4 is 48.4 Å². The lowest BCUT2D eigenvalue weighted by Gasteiger charge is -2.32. The first kappa shape index (κ1) is 48.5. The van der Waals surface area contributed by atoms with Crippen molar-refractivity contribution in [2.24, 2.45) is 0 Å². The van der Waals surface area contributed by atoms with Crippen molar-refractivity contribution in [3.05, 3.63) is 204 Å². The number of aromatic nitrogens is 5. The van der Waals surface area contributed by atoms with E-state index in [1.807, 2.05) is 49.8 Å². The first-order chi connectivity index (χ1) is 36.5. The van der Waals surface area contributed by atoms with Gasteiger partial charge in [-0.2, -0.15) is 0 Å². The maximum absolute atomic E-state index is 14.0. The molecule has 7 heterocycles. The molecule has 378 valence electrons. The van der Waals surface area contributed by atoms with Gasteiger partial charge in [-0.3, -0.25) is 14.8 Å². The monoisotopic (exact) mass is 1010 g/mol. The Kier molecular flexibility index (Phi) is 13.2. The van der Waals surface area contributed by atoms with Gasteiger partial charge in [-0.25, -0.2) is 17.4 Å². The third kappa shape index (κ3) is 9.76. The third-order valence-electron chi connectivity index (χ3n) is 15.6. The van der Waals surface area contributed by atoms with Crippen LogP contribution in [0.1, 0.15) is 40.6 Å². The molecular formula is C63H63N9O2S. The predicted octanol–water partition coefficient (Wildman–Crippen LogP) is 11.5. The zero-order chi connectivity index (χ0) is 51.2. The summed E-state index contributed by atoms with van der Waals surface area (Å²) in [6, 6.07) is 47.8. The average molecular weight is 1010 g/mol. The lowest BCUT2D eigenvalue weighted by atomic mass is 9.95. The molecule has 13 rings (SSSR count). The number of H-pyrrole nitrogens is 2. The second kappa shape index (κ2) is 20.3. The number of allylic oxidation sites excluding steroid dienone is 1. The molecule has 0 unspecified atom stereocenters. The zero-order valence-corrected chi connectivity index (χ0v) is 44.0. The van der Waals surface area contributed by atoms with E-state index in [-0.39, 0.29) is 4.90 Å². The number of nitrogens with zero attached hydrogens (tertiary/aromatic N) is 7. The smallest absolute Gasteiger partial charge is 0.269 e. The van der Waals surface area contributed by atoms with Crippen molar-refractivity contribution < 1.29 is 8.42 Å². The van der Waals surface area contributed by atoms with Gasteiger partial charge in [0.05, 0.1) is 10.6 Å². The number of hydrogen-bond donors (Lipinski definition) is 2. The quantitative estimate of drug-likeness (QED) is 0.139. The summed E-state index contributed by atoms with van der Waals surface area (Å²) in [5, 5.41) is 3.13. The highest BCUT2D eigenvalue weighted by Gasteiger charge is 2.28. The van der Waals surface area contributed by atoms with Crippen LogP contribution in [0.5, 0.6) is 0 Å². The maximum Gasteiger partial charge on any atom is 0.269 e. The van der Waals surface area contributed by atoms with Crippen LogP contribution in [-0.2, 0) is 29.5 Å². The highest BCUT2D eigenvalue weighted by Crippen LogP contribution is 2.41. The van der Waals surface area contributed by atoms with Gasteiger partial charge in [-0.05, 0) is 138 Å². The summed E-state index contributed by atoms with van der Waals surface area (Å²) in [6.45, 7) is 15.1.